The van der Waals surface area contributed by atoms with Gasteiger partial charge in [0.05, 0.1) is 13.7 Å². The second-order valence-corrected chi connectivity index (χ2v) is 6.44. The van der Waals surface area contributed by atoms with Crippen molar-refractivity contribution in [2.24, 2.45) is 4.99 Å². The van der Waals surface area contributed by atoms with Crippen molar-refractivity contribution in [3.63, 3.8) is 0 Å². The summed E-state index contributed by atoms with van der Waals surface area (Å²) in [6.07, 6.45) is 4.76. The van der Waals surface area contributed by atoms with Crippen LogP contribution in [0.4, 0.5) is 0 Å². The number of benzene rings is 1. The monoisotopic (exact) mass is 365 g/mol. The van der Waals surface area contributed by atoms with Crippen LogP contribution in [-0.4, -0.2) is 36.1 Å². The number of aryl methyl sites for hydroxylation is 1. The molecule has 142 valence electrons. The molecule has 0 saturated heterocycles. The molecule has 0 saturated carbocycles. The number of nitrogens with one attached hydrogen (secondary N) is 3. The number of aromatic nitrogens is 2. The molecular weight excluding hydrogens is 338 g/mol. The summed E-state index contributed by atoms with van der Waals surface area (Å²) in [7, 11) is 1.62. The number of hydrogen-bond donors (Lipinski definition) is 3. The summed E-state index contributed by atoms with van der Waals surface area (Å²) in [5.41, 5.74) is 4.83. The number of hydrogen-bond acceptors (Lipinski definition) is 3. The van der Waals surface area contributed by atoms with Gasteiger partial charge in [0, 0.05) is 42.5 Å². The van der Waals surface area contributed by atoms with Crippen LogP contribution in [0.15, 0.2) is 47.7 Å². The number of fused-ring (bicyclic) bond motifs is 1. The van der Waals surface area contributed by atoms with Crippen LogP contribution in [0.1, 0.15) is 23.6 Å². The van der Waals surface area contributed by atoms with E-state index in [1.807, 2.05) is 12.1 Å². The highest BCUT2D eigenvalue weighted by molar-refractivity contribution is 5.84. The first-order valence-electron chi connectivity index (χ1n) is 9.27. The summed E-state index contributed by atoms with van der Waals surface area (Å²) in [5, 5.41) is 7.99. The molecule has 27 heavy (non-hydrogen) atoms. The van der Waals surface area contributed by atoms with Gasteiger partial charge >= 0.3 is 0 Å². The summed E-state index contributed by atoms with van der Waals surface area (Å²) < 4.78 is 5.16. The lowest BCUT2D eigenvalue weighted by molar-refractivity contribution is 0.397. The summed E-state index contributed by atoms with van der Waals surface area (Å²) in [6, 6.07) is 10.4. The first-order valence-corrected chi connectivity index (χ1v) is 9.27. The van der Waals surface area contributed by atoms with E-state index in [4.69, 9.17) is 4.74 Å². The van der Waals surface area contributed by atoms with E-state index < -0.39 is 0 Å². The number of methoxy groups -OCH3 is 1. The molecule has 0 unspecified atom stereocenters. The number of guanidine groups is 1. The third-order valence-electron chi connectivity index (χ3n) is 4.38. The zero-order valence-corrected chi connectivity index (χ0v) is 16.2. The highest BCUT2D eigenvalue weighted by Gasteiger charge is 2.05. The van der Waals surface area contributed by atoms with E-state index in [1.54, 1.807) is 13.3 Å². The van der Waals surface area contributed by atoms with E-state index >= 15 is 0 Å². The van der Waals surface area contributed by atoms with Gasteiger partial charge in [0.1, 0.15) is 0 Å². The van der Waals surface area contributed by atoms with Crippen LogP contribution in [0, 0.1) is 6.92 Å². The smallest absolute Gasteiger partial charge is 0.213 e. The molecule has 1 aromatic carbocycles. The lowest BCUT2D eigenvalue weighted by Crippen LogP contribution is -2.38. The van der Waals surface area contributed by atoms with Crippen LogP contribution in [0.3, 0.4) is 0 Å². The van der Waals surface area contributed by atoms with Gasteiger partial charge in [0.25, 0.3) is 0 Å². The van der Waals surface area contributed by atoms with Gasteiger partial charge in [-0.1, -0.05) is 12.1 Å². The number of ether oxygens (including phenoxy) is 1. The molecule has 0 fully saturated rings. The van der Waals surface area contributed by atoms with Crippen molar-refractivity contribution < 1.29 is 4.74 Å². The maximum Gasteiger partial charge on any atom is 0.213 e. The maximum absolute atomic E-state index is 5.16. The normalized spacial score (nSPS) is 11.6. The number of pyridine rings is 1. The van der Waals surface area contributed by atoms with Crippen LogP contribution in [0.25, 0.3) is 10.9 Å². The van der Waals surface area contributed by atoms with Gasteiger partial charge < -0.3 is 20.4 Å². The zero-order chi connectivity index (χ0) is 19.1. The zero-order valence-electron chi connectivity index (χ0n) is 16.2. The minimum Gasteiger partial charge on any atom is -0.481 e. The molecule has 2 aromatic heterocycles. The Labute approximate surface area is 160 Å². The summed E-state index contributed by atoms with van der Waals surface area (Å²) in [5.74, 6) is 1.42. The van der Waals surface area contributed by atoms with Gasteiger partial charge in [-0.05, 0) is 49.1 Å². The number of aliphatic imine (C=N–C) groups is 1. The first kappa shape index (κ1) is 18.8. The molecule has 0 aliphatic carbocycles. The fourth-order valence-electron chi connectivity index (χ4n) is 3.00. The summed E-state index contributed by atoms with van der Waals surface area (Å²) in [4.78, 5) is 12.1. The lowest BCUT2D eigenvalue weighted by atomic mass is 10.1. The van der Waals surface area contributed by atoms with Crippen LogP contribution in [-0.2, 0) is 13.0 Å². The number of aromatic amines is 1. The van der Waals surface area contributed by atoms with Crippen molar-refractivity contribution in [3.8, 4) is 5.88 Å². The molecule has 2 heterocycles. The predicted octanol–water partition coefficient (Wildman–Crippen LogP) is 3.18. The average molecular weight is 365 g/mol. The van der Waals surface area contributed by atoms with E-state index in [-0.39, 0.29) is 0 Å². The molecule has 0 radical (unpaired) electrons. The molecule has 3 N–H and O–H groups in total. The fraction of sp³-hybridized carbons (Fsp3) is 0.333. The van der Waals surface area contributed by atoms with Crippen molar-refractivity contribution in [2.45, 2.75) is 26.8 Å². The van der Waals surface area contributed by atoms with E-state index in [0.717, 1.165) is 31.0 Å². The van der Waals surface area contributed by atoms with Crippen molar-refractivity contribution in [1.29, 1.82) is 0 Å². The number of H-pyrrole nitrogens is 1. The van der Waals surface area contributed by atoms with Crippen molar-refractivity contribution in [1.82, 2.24) is 20.6 Å². The van der Waals surface area contributed by atoms with Gasteiger partial charge in [-0.15, -0.1) is 0 Å². The summed E-state index contributed by atoms with van der Waals surface area (Å²) in [6.45, 7) is 6.37. The third-order valence-corrected chi connectivity index (χ3v) is 4.38. The second-order valence-electron chi connectivity index (χ2n) is 6.44. The van der Waals surface area contributed by atoms with E-state index in [0.29, 0.717) is 12.4 Å². The summed E-state index contributed by atoms with van der Waals surface area (Å²) >= 11 is 0. The van der Waals surface area contributed by atoms with Crippen LogP contribution < -0.4 is 15.4 Å². The number of nitrogens with zero attached hydrogens (tertiary/aromatic N) is 2. The molecule has 0 bridgehead atoms. The topological polar surface area (TPSA) is 74.3 Å². The Morgan fingerprint density at radius 2 is 2.11 bits per heavy atom. The molecule has 0 amide bonds. The third kappa shape index (κ3) is 5.00. The predicted molar refractivity (Wildman–Crippen MR) is 110 cm³/mol. The van der Waals surface area contributed by atoms with Crippen molar-refractivity contribution in [3.05, 3.63) is 59.4 Å². The fourth-order valence-corrected chi connectivity index (χ4v) is 3.00. The van der Waals surface area contributed by atoms with Gasteiger partial charge in [-0.25, -0.2) is 9.98 Å². The van der Waals surface area contributed by atoms with Crippen LogP contribution >= 0.6 is 0 Å². The molecule has 0 aliphatic heterocycles. The Bertz CT molecular complexity index is 916. The Kier molecular flexibility index (Phi) is 6.30. The quantitative estimate of drug-likeness (QED) is 0.444. The Morgan fingerprint density at radius 1 is 1.22 bits per heavy atom. The molecular formula is C21H27N5O. The molecule has 0 aliphatic rings. The molecule has 0 atom stereocenters. The standard InChI is InChI=1S/C21H27N5O/c1-4-22-21(26-13-16-7-9-23-20(12-16)27-3)24-10-8-17-14-25-19-11-15(2)5-6-18(17)19/h5-7,9,11-12,14,25H,4,8,10,13H2,1-3H3,(H2,22,24,26). The molecule has 0 spiro atoms. The molecule has 6 heteroatoms. The highest BCUT2D eigenvalue weighted by atomic mass is 16.5. The average Bonchev–Trinajstić information content (AvgIpc) is 3.08. The molecule has 3 rings (SSSR count). The largest absolute Gasteiger partial charge is 0.481 e. The van der Waals surface area contributed by atoms with Crippen molar-refractivity contribution >= 4 is 16.9 Å². The number of rotatable bonds is 7. The van der Waals surface area contributed by atoms with Crippen molar-refractivity contribution in [2.75, 3.05) is 20.2 Å². The minimum absolute atomic E-state index is 0.570. The van der Waals surface area contributed by atoms with E-state index in [9.17, 15) is 0 Å². The highest BCUT2D eigenvalue weighted by Crippen LogP contribution is 2.19. The first-order chi connectivity index (χ1) is 13.2. The Balaban J connectivity index is 1.60. The molecule has 6 nitrogen and oxygen atoms in total. The van der Waals surface area contributed by atoms with Crippen LogP contribution in [0.2, 0.25) is 0 Å². The maximum atomic E-state index is 5.16. The molecule has 3 aromatic rings. The van der Waals surface area contributed by atoms with E-state index in [2.05, 4.69) is 63.8 Å². The SMILES string of the molecule is CCNC(=NCc1ccnc(OC)c1)NCCc1c[nH]c2cc(C)ccc12. The Hall–Kier alpha value is -3.02. The van der Waals surface area contributed by atoms with Crippen LogP contribution in [0.5, 0.6) is 5.88 Å². The van der Waals surface area contributed by atoms with Gasteiger partial charge in [-0.3, -0.25) is 0 Å². The van der Waals surface area contributed by atoms with E-state index in [1.165, 1.54) is 22.0 Å². The second kappa shape index (κ2) is 9.07. The lowest BCUT2D eigenvalue weighted by Gasteiger charge is -2.11. The Morgan fingerprint density at radius 3 is 2.93 bits per heavy atom. The van der Waals surface area contributed by atoms with Gasteiger partial charge in [0.15, 0.2) is 5.96 Å². The minimum atomic E-state index is 0.570. The van der Waals surface area contributed by atoms with Gasteiger partial charge in [-0.2, -0.15) is 0 Å². The van der Waals surface area contributed by atoms with Gasteiger partial charge in [0.2, 0.25) is 5.88 Å².